The van der Waals surface area contributed by atoms with Crippen LogP contribution in [-0.2, 0) is 11.2 Å². The fraction of sp³-hybridized carbons (Fsp3) is 0.474. The molecule has 1 aromatic carbocycles. The van der Waals surface area contributed by atoms with Crippen LogP contribution in [0.1, 0.15) is 43.2 Å². The van der Waals surface area contributed by atoms with Gasteiger partial charge in [0.15, 0.2) is 0 Å². The molecular formula is C19H26FN3O2. The van der Waals surface area contributed by atoms with Crippen molar-refractivity contribution in [2.24, 2.45) is 5.92 Å². The van der Waals surface area contributed by atoms with Gasteiger partial charge in [-0.2, -0.15) is 5.10 Å². The van der Waals surface area contributed by atoms with E-state index in [0.717, 1.165) is 24.4 Å². The van der Waals surface area contributed by atoms with Crippen molar-refractivity contribution < 1.29 is 13.9 Å². The van der Waals surface area contributed by atoms with Crippen molar-refractivity contribution in [2.45, 2.75) is 33.6 Å². The van der Waals surface area contributed by atoms with Gasteiger partial charge < -0.3 is 10.1 Å². The van der Waals surface area contributed by atoms with Crippen molar-refractivity contribution in [3.63, 3.8) is 0 Å². The zero-order valence-electron chi connectivity index (χ0n) is 15.1. The number of carbonyl (C=O) groups excluding carboxylic acids is 1. The van der Waals surface area contributed by atoms with Crippen molar-refractivity contribution in [1.29, 1.82) is 0 Å². The summed E-state index contributed by atoms with van der Waals surface area (Å²) in [5.74, 6) is 0.0692. The van der Waals surface area contributed by atoms with E-state index in [-0.39, 0.29) is 11.7 Å². The smallest absolute Gasteiger partial charge is 0.254 e. The molecule has 2 rings (SSSR count). The fourth-order valence-corrected chi connectivity index (χ4v) is 2.50. The highest BCUT2D eigenvalue weighted by atomic mass is 19.1. The van der Waals surface area contributed by atoms with Crippen LogP contribution in [0.4, 0.5) is 4.39 Å². The molecule has 0 aliphatic carbocycles. The van der Waals surface area contributed by atoms with Crippen LogP contribution in [-0.4, -0.2) is 35.4 Å². The topological polar surface area (TPSA) is 56.1 Å². The molecule has 0 spiro atoms. The molecule has 0 aliphatic heterocycles. The van der Waals surface area contributed by atoms with E-state index >= 15 is 0 Å². The van der Waals surface area contributed by atoms with Gasteiger partial charge in [0.05, 0.1) is 23.1 Å². The van der Waals surface area contributed by atoms with Gasteiger partial charge in [0.25, 0.3) is 5.91 Å². The molecule has 0 bridgehead atoms. The molecule has 0 fully saturated rings. The van der Waals surface area contributed by atoms with E-state index < -0.39 is 0 Å². The predicted octanol–water partition coefficient (Wildman–Crippen LogP) is 3.37. The molecular weight excluding hydrogens is 321 g/mol. The third kappa shape index (κ3) is 5.39. The van der Waals surface area contributed by atoms with Crippen LogP contribution in [0.3, 0.4) is 0 Å². The molecule has 0 unspecified atom stereocenters. The Hall–Kier alpha value is -2.21. The molecule has 1 aromatic heterocycles. The number of halogens is 1. The van der Waals surface area contributed by atoms with Gasteiger partial charge in [-0.15, -0.1) is 0 Å². The van der Waals surface area contributed by atoms with Crippen LogP contribution < -0.4 is 5.32 Å². The zero-order valence-corrected chi connectivity index (χ0v) is 15.1. The number of carbonyl (C=O) groups is 1. The molecule has 1 N–H and O–H groups in total. The number of hydrogen-bond acceptors (Lipinski definition) is 3. The minimum absolute atomic E-state index is 0.144. The summed E-state index contributed by atoms with van der Waals surface area (Å²) < 4.78 is 20.3. The first kappa shape index (κ1) is 19.1. The Morgan fingerprint density at radius 1 is 1.32 bits per heavy atom. The minimum Gasteiger partial charge on any atom is -0.381 e. The predicted molar refractivity (Wildman–Crippen MR) is 95.5 cm³/mol. The molecule has 6 heteroatoms. The summed E-state index contributed by atoms with van der Waals surface area (Å²) >= 11 is 0. The Kier molecular flexibility index (Phi) is 7.13. The standard InChI is InChI=1S/C19H26FN3O2/c1-4-18-17(19(24)21-10-5-11-25-13-14(2)3)12-22-23(18)16-8-6-15(20)7-9-16/h6-9,12,14H,4-5,10-11,13H2,1-3H3,(H,21,24). The maximum atomic E-state index is 13.1. The van der Waals surface area contributed by atoms with Crippen molar-refractivity contribution >= 4 is 5.91 Å². The van der Waals surface area contributed by atoms with Gasteiger partial charge in [-0.05, 0) is 43.0 Å². The Balaban J connectivity index is 1.95. The summed E-state index contributed by atoms with van der Waals surface area (Å²) in [4.78, 5) is 12.4. The molecule has 25 heavy (non-hydrogen) atoms. The average molecular weight is 347 g/mol. The van der Waals surface area contributed by atoms with E-state index in [1.165, 1.54) is 12.1 Å². The lowest BCUT2D eigenvalue weighted by molar-refractivity contribution is 0.0924. The third-order valence-corrected chi connectivity index (χ3v) is 3.72. The van der Waals surface area contributed by atoms with Crippen LogP contribution in [0.5, 0.6) is 0 Å². The molecule has 136 valence electrons. The lowest BCUT2D eigenvalue weighted by Crippen LogP contribution is -2.26. The van der Waals surface area contributed by atoms with E-state index in [1.54, 1.807) is 23.0 Å². The summed E-state index contributed by atoms with van der Waals surface area (Å²) in [6.07, 6.45) is 2.98. The van der Waals surface area contributed by atoms with Crippen molar-refractivity contribution in [2.75, 3.05) is 19.8 Å². The maximum Gasteiger partial charge on any atom is 0.254 e. The SMILES string of the molecule is CCc1c(C(=O)NCCCOCC(C)C)cnn1-c1ccc(F)cc1. The van der Waals surface area contributed by atoms with E-state index in [1.807, 2.05) is 6.92 Å². The lowest BCUT2D eigenvalue weighted by atomic mass is 10.2. The maximum absolute atomic E-state index is 13.1. The Labute approximate surface area is 148 Å². The van der Waals surface area contributed by atoms with Crippen molar-refractivity contribution in [3.8, 4) is 5.69 Å². The number of nitrogens with zero attached hydrogens (tertiary/aromatic N) is 2. The van der Waals surface area contributed by atoms with Crippen LogP contribution in [0.2, 0.25) is 0 Å². The van der Waals surface area contributed by atoms with Gasteiger partial charge in [0, 0.05) is 19.8 Å². The number of nitrogens with one attached hydrogen (secondary N) is 1. The normalized spacial score (nSPS) is 11.1. The number of hydrogen-bond donors (Lipinski definition) is 1. The quantitative estimate of drug-likeness (QED) is 0.708. The molecule has 1 heterocycles. The highest BCUT2D eigenvalue weighted by Crippen LogP contribution is 2.16. The van der Waals surface area contributed by atoms with Crippen LogP contribution >= 0.6 is 0 Å². The second kappa shape index (κ2) is 9.32. The number of aromatic nitrogens is 2. The van der Waals surface area contributed by atoms with E-state index in [2.05, 4.69) is 24.3 Å². The van der Waals surface area contributed by atoms with Crippen LogP contribution in [0.25, 0.3) is 5.69 Å². The highest BCUT2D eigenvalue weighted by Gasteiger charge is 2.16. The molecule has 0 radical (unpaired) electrons. The number of amides is 1. The summed E-state index contributed by atoms with van der Waals surface area (Å²) in [5, 5.41) is 7.20. The molecule has 5 nitrogen and oxygen atoms in total. The number of benzene rings is 1. The monoisotopic (exact) mass is 347 g/mol. The first-order valence-electron chi connectivity index (χ1n) is 8.71. The average Bonchev–Trinajstić information content (AvgIpc) is 3.02. The largest absolute Gasteiger partial charge is 0.381 e. The third-order valence-electron chi connectivity index (χ3n) is 3.72. The molecule has 0 saturated carbocycles. The molecule has 0 aliphatic rings. The van der Waals surface area contributed by atoms with E-state index in [4.69, 9.17) is 4.74 Å². The Bertz CT molecular complexity index is 680. The lowest BCUT2D eigenvalue weighted by Gasteiger charge is -2.09. The summed E-state index contributed by atoms with van der Waals surface area (Å²) in [6, 6.07) is 6.06. The second-order valence-corrected chi connectivity index (χ2v) is 6.32. The van der Waals surface area contributed by atoms with Gasteiger partial charge >= 0.3 is 0 Å². The van der Waals surface area contributed by atoms with Crippen molar-refractivity contribution in [1.82, 2.24) is 15.1 Å². The van der Waals surface area contributed by atoms with Gasteiger partial charge in [-0.3, -0.25) is 4.79 Å². The first-order valence-corrected chi connectivity index (χ1v) is 8.71. The van der Waals surface area contributed by atoms with Gasteiger partial charge in [-0.1, -0.05) is 20.8 Å². The molecule has 2 aromatic rings. The second-order valence-electron chi connectivity index (χ2n) is 6.32. The summed E-state index contributed by atoms with van der Waals surface area (Å²) in [7, 11) is 0. The van der Waals surface area contributed by atoms with Crippen LogP contribution in [0, 0.1) is 11.7 Å². The minimum atomic E-state index is -0.299. The highest BCUT2D eigenvalue weighted by molar-refractivity contribution is 5.95. The summed E-state index contributed by atoms with van der Waals surface area (Å²) in [5.41, 5.74) is 2.09. The van der Waals surface area contributed by atoms with Gasteiger partial charge in [-0.25, -0.2) is 9.07 Å². The number of ether oxygens (including phenoxy) is 1. The van der Waals surface area contributed by atoms with E-state index in [9.17, 15) is 9.18 Å². The van der Waals surface area contributed by atoms with E-state index in [0.29, 0.717) is 31.1 Å². The summed E-state index contributed by atoms with van der Waals surface area (Å²) in [6.45, 7) is 8.10. The molecule has 0 atom stereocenters. The Morgan fingerprint density at radius 3 is 2.68 bits per heavy atom. The van der Waals surface area contributed by atoms with Crippen LogP contribution in [0.15, 0.2) is 30.5 Å². The van der Waals surface area contributed by atoms with Crippen molar-refractivity contribution in [3.05, 3.63) is 47.5 Å². The first-order chi connectivity index (χ1) is 12.0. The zero-order chi connectivity index (χ0) is 18.2. The molecule has 0 saturated heterocycles. The van der Waals surface area contributed by atoms with Gasteiger partial charge in [0.2, 0.25) is 0 Å². The van der Waals surface area contributed by atoms with Gasteiger partial charge in [0.1, 0.15) is 5.82 Å². The Morgan fingerprint density at radius 2 is 2.04 bits per heavy atom. The molecule has 1 amide bonds. The number of rotatable bonds is 9. The fourth-order valence-electron chi connectivity index (χ4n) is 2.50.